The highest BCUT2D eigenvalue weighted by Gasteiger charge is 2.21. The third-order valence-electron chi connectivity index (χ3n) is 4.33. The van der Waals surface area contributed by atoms with E-state index in [0.29, 0.717) is 18.7 Å². The van der Waals surface area contributed by atoms with Gasteiger partial charge in [-0.15, -0.1) is 11.3 Å². The zero-order chi connectivity index (χ0) is 21.9. The number of nitrogens with one attached hydrogen (secondary N) is 2. The normalized spacial score (nSPS) is 11.7. The molecule has 10 heteroatoms. The lowest BCUT2D eigenvalue weighted by Crippen LogP contribution is -2.47. The smallest absolute Gasteiger partial charge is 0.270 e. The van der Waals surface area contributed by atoms with Gasteiger partial charge in [0.05, 0.1) is 9.93 Å². The molecule has 0 bridgehead atoms. The van der Waals surface area contributed by atoms with E-state index >= 15 is 0 Å². The van der Waals surface area contributed by atoms with Crippen LogP contribution in [0, 0.1) is 17.0 Å². The van der Waals surface area contributed by atoms with Crippen molar-refractivity contribution >= 4 is 40.6 Å². The molecule has 1 atom stereocenters. The fourth-order valence-electron chi connectivity index (χ4n) is 2.76. The Morgan fingerprint density at radius 1 is 1.33 bits per heavy atom. The van der Waals surface area contributed by atoms with Crippen LogP contribution in [0.5, 0.6) is 0 Å². The average Bonchev–Trinajstić information content (AvgIpc) is 3.15. The van der Waals surface area contributed by atoms with Gasteiger partial charge in [0, 0.05) is 35.3 Å². The first kappa shape index (κ1) is 23.8. The number of thiazole rings is 1. The Labute approximate surface area is 184 Å². The highest BCUT2D eigenvalue weighted by Crippen LogP contribution is 2.14. The van der Waals surface area contributed by atoms with Crippen LogP contribution in [0.2, 0.25) is 0 Å². The first-order valence-electron chi connectivity index (χ1n) is 9.63. The summed E-state index contributed by atoms with van der Waals surface area (Å²) in [7, 11) is 0. The third kappa shape index (κ3) is 7.75. The summed E-state index contributed by atoms with van der Waals surface area (Å²) in [5.74, 6) is -0.0384. The van der Waals surface area contributed by atoms with Gasteiger partial charge < -0.3 is 10.6 Å². The lowest BCUT2D eigenvalue weighted by molar-refractivity contribution is -0.384. The van der Waals surface area contributed by atoms with Crippen molar-refractivity contribution in [1.82, 2.24) is 15.6 Å². The van der Waals surface area contributed by atoms with E-state index in [1.165, 1.54) is 24.3 Å². The Morgan fingerprint density at radius 3 is 2.80 bits per heavy atom. The maximum atomic E-state index is 12.6. The van der Waals surface area contributed by atoms with Crippen molar-refractivity contribution in [3.05, 3.63) is 56.0 Å². The lowest BCUT2D eigenvalue weighted by atomic mass is 10.1. The van der Waals surface area contributed by atoms with Crippen LogP contribution >= 0.6 is 23.1 Å². The Hall–Kier alpha value is -2.46. The molecule has 2 aromatic rings. The molecule has 1 unspecified atom stereocenters. The molecule has 2 amide bonds. The van der Waals surface area contributed by atoms with E-state index in [2.05, 4.69) is 15.6 Å². The highest BCUT2D eigenvalue weighted by molar-refractivity contribution is 7.98. The van der Waals surface area contributed by atoms with Gasteiger partial charge in [-0.25, -0.2) is 4.98 Å². The number of carbonyl (C=O) groups is 2. The third-order valence-corrected chi connectivity index (χ3v) is 6.01. The van der Waals surface area contributed by atoms with E-state index in [1.807, 2.05) is 18.6 Å². The molecular formula is C20H26N4O4S2. The number of amides is 2. The fraction of sp³-hybridized carbons (Fsp3) is 0.450. The van der Waals surface area contributed by atoms with Crippen molar-refractivity contribution in [3.8, 4) is 0 Å². The molecule has 0 aliphatic rings. The van der Waals surface area contributed by atoms with Gasteiger partial charge in [-0.05, 0) is 50.7 Å². The minimum Gasteiger partial charge on any atom is -0.354 e. The highest BCUT2D eigenvalue weighted by atomic mass is 32.2. The molecule has 1 heterocycles. The van der Waals surface area contributed by atoms with Crippen molar-refractivity contribution in [2.24, 2.45) is 0 Å². The number of carbonyl (C=O) groups excluding carboxylic acids is 2. The van der Waals surface area contributed by atoms with Crippen LogP contribution < -0.4 is 10.6 Å². The second kappa shape index (κ2) is 12.3. The second-order valence-corrected chi connectivity index (χ2v) is 8.67. The number of rotatable bonds is 12. The van der Waals surface area contributed by atoms with Gasteiger partial charge in [0.2, 0.25) is 5.91 Å². The van der Waals surface area contributed by atoms with Gasteiger partial charge in [0.15, 0.2) is 0 Å². The lowest BCUT2D eigenvalue weighted by Gasteiger charge is -2.18. The largest absolute Gasteiger partial charge is 0.354 e. The van der Waals surface area contributed by atoms with Crippen LogP contribution in [0.25, 0.3) is 0 Å². The first-order valence-corrected chi connectivity index (χ1v) is 11.9. The van der Waals surface area contributed by atoms with Crippen LogP contribution in [-0.4, -0.2) is 46.3 Å². The number of nitro groups is 1. The summed E-state index contributed by atoms with van der Waals surface area (Å²) in [6.45, 7) is 2.49. The molecule has 0 fully saturated rings. The molecule has 0 aliphatic carbocycles. The van der Waals surface area contributed by atoms with Crippen molar-refractivity contribution in [3.63, 3.8) is 0 Å². The van der Waals surface area contributed by atoms with E-state index in [4.69, 9.17) is 0 Å². The minimum absolute atomic E-state index is 0.157. The van der Waals surface area contributed by atoms with E-state index in [0.717, 1.165) is 30.0 Å². The topological polar surface area (TPSA) is 114 Å². The molecule has 2 N–H and O–H groups in total. The molecule has 8 nitrogen and oxygen atoms in total. The van der Waals surface area contributed by atoms with Crippen LogP contribution in [0.15, 0.2) is 29.6 Å². The van der Waals surface area contributed by atoms with Gasteiger partial charge in [0.1, 0.15) is 6.04 Å². The number of hydrogen-bond donors (Lipinski definition) is 2. The number of nitrogens with zero attached hydrogens (tertiary/aromatic N) is 2. The zero-order valence-electron chi connectivity index (χ0n) is 17.1. The monoisotopic (exact) mass is 450 g/mol. The molecule has 0 aliphatic heterocycles. The Balaban J connectivity index is 1.85. The molecule has 2 rings (SSSR count). The number of nitro benzene ring substituents is 1. The first-order chi connectivity index (χ1) is 14.4. The molecule has 0 spiro atoms. The van der Waals surface area contributed by atoms with Gasteiger partial charge >= 0.3 is 0 Å². The summed E-state index contributed by atoms with van der Waals surface area (Å²) in [4.78, 5) is 39.9. The summed E-state index contributed by atoms with van der Waals surface area (Å²) in [6.07, 6.45) is 5.03. The molecule has 0 saturated carbocycles. The quantitative estimate of drug-likeness (QED) is 0.291. The fourth-order valence-corrected chi connectivity index (χ4v) is 4.05. The molecular weight excluding hydrogens is 424 g/mol. The summed E-state index contributed by atoms with van der Waals surface area (Å²) in [5.41, 5.74) is 1.02. The standard InChI is InChI=1S/C20H26N4O4S2/c1-14-13-30-18(22-14)8-3-4-10-21-20(26)17(9-11-29-2)23-19(25)15-6-5-7-16(12-15)24(27)28/h5-7,12-13,17H,3-4,8-11H2,1-2H3,(H,21,26)(H,23,25). The summed E-state index contributed by atoms with van der Waals surface area (Å²) >= 11 is 3.23. The second-order valence-electron chi connectivity index (χ2n) is 6.75. The summed E-state index contributed by atoms with van der Waals surface area (Å²) in [6, 6.07) is 4.78. The van der Waals surface area contributed by atoms with Crippen molar-refractivity contribution in [1.29, 1.82) is 0 Å². The van der Waals surface area contributed by atoms with Gasteiger partial charge in [0.25, 0.3) is 11.6 Å². The minimum atomic E-state index is -0.689. The van der Waals surface area contributed by atoms with Crippen LogP contribution in [0.3, 0.4) is 0 Å². The predicted octanol–water partition coefficient (Wildman–Crippen LogP) is 3.35. The molecule has 0 saturated heterocycles. The van der Waals surface area contributed by atoms with Gasteiger partial charge in [-0.2, -0.15) is 11.8 Å². The number of non-ortho nitro benzene ring substituents is 1. The number of thioether (sulfide) groups is 1. The number of unbranched alkanes of at least 4 members (excludes halogenated alkanes) is 1. The summed E-state index contributed by atoms with van der Waals surface area (Å²) < 4.78 is 0. The van der Waals surface area contributed by atoms with Gasteiger partial charge in [-0.3, -0.25) is 19.7 Å². The van der Waals surface area contributed by atoms with Crippen molar-refractivity contribution in [2.45, 2.75) is 38.6 Å². The molecule has 0 radical (unpaired) electrons. The molecule has 30 heavy (non-hydrogen) atoms. The van der Waals surface area contributed by atoms with Gasteiger partial charge in [-0.1, -0.05) is 6.07 Å². The van der Waals surface area contributed by atoms with Crippen LogP contribution in [0.1, 0.15) is 40.3 Å². The van der Waals surface area contributed by atoms with E-state index in [-0.39, 0.29) is 17.2 Å². The Bertz CT molecular complexity index is 872. The number of aryl methyl sites for hydroxylation is 2. The zero-order valence-corrected chi connectivity index (χ0v) is 18.7. The van der Waals surface area contributed by atoms with Crippen LogP contribution in [0.4, 0.5) is 5.69 Å². The summed E-state index contributed by atoms with van der Waals surface area (Å²) in [5, 5.41) is 19.6. The van der Waals surface area contributed by atoms with Crippen molar-refractivity contribution < 1.29 is 14.5 Å². The van der Waals surface area contributed by atoms with E-state index in [1.54, 1.807) is 23.1 Å². The molecule has 162 valence electrons. The number of aromatic nitrogens is 1. The molecule has 1 aromatic carbocycles. The Kier molecular flexibility index (Phi) is 9.75. The van der Waals surface area contributed by atoms with Crippen molar-refractivity contribution in [2.75, 3.05) is 18.6 Å². The molecule has 1 aromatic heterocycles. The van der Waals surface area contributed by atoms with E-state index in [9.17, 15) is 19.7 Å². The Morgan fingerprint density at radius 2 is 2.13 bits per heavy atom. The number of benzene rings is 1. The van der Waals surface area contributed by atoms with Crippen LogP contribution in [-0.2, 0) is 11.2 Å². The average molecular weight is 451 g/mol. The SMILES string of the molecule is CSCCC(NC(=O)c1cccc([N+](=O)[O-])c1)C(=O)NCCCCc1nc(C)cs1. The predicted molar refractivity (Wildman–Crippen MR) is 120 cm³/mol. The maximum absolute atomic E-state index is 12.6. The maximum Gasteiger partial charge on any atom is 0.270 e. The number of hydrogen-bond acceptors (Lipinski definition) is 7. The van der Waals surface area contributed by atoms with E-state index < -0.39 is 16.9 Å².